The van der Waals surface area contributed by atoms with E-state index in [1.54, 1.807) is 51.1 Å². The van der Waals surface area contributed by atoms with Crippen molar-refractivity contribution >= 4 is 24.1 Å². The van der Waals surface area contributed by atoms with E-state index < -0.39 is 41.4 Å². The van der Waals surface area contributed by atoms with Crippen LogP contribution >= 0.6 is 0 Å². The summed E-state index contributed by atoms with van der Waals surface area (Å²) in [7, 11) is 0. The first kappa shape index (κ1) is 21.6. The Morgan fingerprint density at radius 1 is 1.00 bits per heavy atom. The van der Waals surface area contributed by atoms with Crippen LogP contribution in [0.25, 0.3) is 0 Å². The molecule has 1 N–H and O–H groups in total. The fourth-order valence-electron chi connectivity index (χ4n) is 3.20. The van der Waals surface area contributed by atoms with Crippen molar-refractivity contribution in [2.45, 2.75) is 38.3 Å². The summed E-state index contributed by atoms with van der Waals surface area (Å²) in [5, 5.41) is 11.6. The van der Waals surface area contributed by atoms with E-state index in [9.17, 15) is 19.5 Å². The van der Waals surface area contributed by atoms with Gasteiger partial charge in [-0.25, -0.2) is 9.59 Å². The van der Waals surface area contributed by atoms with Crippen LogP contribution in [0.5, 0.6) is 0 Å². The average molecular weight is 391 g/mol. The van der Waals surface area contributed by atoms with Gasteiger partial charge in [0.1, 0.15) is 11.5 Å². The number of ether oxygens (including phenoxy) is 3. The van der Waals surface area contributed by atoms with E-state index in [0.29, 0.717) is 5.56 Å². The first-order valence-electron chi connectivity index (χ1n) is 9.20. The summed E-state index contributed by atoms with van der Waals surface area (Å²) in [6.07, 6.45) is 0.573. The monoisotopic (exact) mass is 391 g/mol. The third-order valence-electron chi connectivity index (χ3n) is 4.52. The molecule has 0 fully saturated rings. The molecule has 0 aromatic heterocycles. The minimum Gasteiger partial charge on any atom is -0.465 e. The molecule has 0 saturated carbocycles. The summed E-state index contributed by atoms with van der Waals surface area (Å²) in [5.41, 5.74) is -3.69. The molecule has 0 bridgehead atoms. The number of carbonyl (C=O) groups excluding carboxylic acids is 3. The van der Waals surface area contributed by atoms with Gasteiger partial charge < -0.3 is 19.3 Å². The molecule has 0 saturated heterocycles. The number of hydrogen-bond donors (Lipinski definition) is 1. The molecule has 152 valence electrons. The lowest BCUT2D eigenvalue weighted by molar-refractivity contribution is -0.174. The highest BCUT2D eigenvalue weighted by Gasteiger charge is 2.60. The Morgan fingerprint density at radius 2 is 1.54 bits per heavy atom. The van der Waals surface area contributed by atoms with Gasteiger partial charge in [0.05, 0.1) is 19.8 Å². The Bertz CT molecular complexity index is 728. The van der Waals surface area contributed by atoms with Gasteiger partial charge in [-0.1, -0.05) is 30.3 Å². The molecule has 0 radical (unpaired) electrons. The van der Waals surface area contributed by atoms with Gasteiger partial charge in [0.2, 0.25) is 0 Å². The van der Waals surface area contributed by atoms with Crippen molar-refractivity contribution < 1.29 is 33.7 Å². The molecule has 1 aromatic carbocycles. The molecule has 1 heterocycles. The Labute approximate surface area is 163 Å². The van der Waals surface area contributed by atoms with Crippen LogP contribution in [0.4, 0.5) is 0 Å². The second-order valence-electron chi connectivity index (χ2n) is 6.28. The molecule has 0 unspecified atom stereocenters. The van der Waals surface area contributed by atoms with Gasteiger partial charge >= 0.3 is 17.9 Å². The van der Waals surface area contributed by atoms with Crippen molar-refractivity contribution in [1.29, 1.82) is 0 Å². The number of aliphatic imine (C=N–C) groups is 1. The summed E-state index contributed by atoms with van der Waals surface area (Å²) >= 11 is 0. The van der Waals surface area contributed by atoms with Crippen LogP contribution in [-0.2, 0) is 34.2 Å². The summed E-state index contributed by atoms with van der Waals surface area (Å²) in [4.78, 5) is 41.9. The predicted octanol–water partition coefficient (Wildman–Crippen LogP) is 1.39. The van der Waals surface area contributed by atoms with Crippen LogP contribution in [0, 0.1) is 5.92 Å². The maximum absolute atomic E-state index is 12.7. The molecule has 0 amide bonds. The molecular weight excluding hydrogens is 366 g/mol. The van der Waals surface area contributed by atoms with Gasteiger partial charge in [-0.2, -0.15) is 0 Å². The fraction of sp³-hybridized carbons (Fsp3) is 0.500. The molecule has 1 aliphatic rings. The number of rotatable bonds is 7. The van der Waals surface area contributed by atoms with Crippen molar-refractivity contribution in [1.82, 2.24) is 0 Å². The second kappa shape index (κ2) is 8.97. The fourth-order valence-corrected chi connectivity index (χ4v) is 3.20. The van der Waals surface area contributed by atoms with Crippen LogP contribution in [0.15, 0.2) is 35.3 Å². The molecule has 8 nitrogen and oxygen atoms in total. The first-order chi connectivity index (χ1) is 13.4. The summed E-state index contributed by atoms with van der Waals surface area (Å²) in [6.45, 7) is 4.96. The zero-order valence-corrected chi connectivity index (χ0v) is 16.2. The van der Waals surface area contributed by atoms with Gasteiger partial charge in [-0.15, -0.1) is 0 Å². The van der Waals surface area contributed by atoms with Crippen LogP contribution in [-0.4, -0.2) is 54.6 Å². The molecule has 1 aliphatic heterocycles. The molecule has 0 aliphatic carbocycles. The smallest absolute Gasteiger partial charge is 0.345 e. The van der Waals surface area contributed by atoms with Crippen molar-refractivity contribution in [2.75, 3.05) is 19.8 Å². The second-order valence-corrected chi connectivity index (χ2v) is 6.28. The average Bonchev–Trinajstić information content (AvgIpc) is 2.69. The highest BCUT2D eigenvalue weighted by Crippen LogP contribution is 2.43. The highest BCUT2D eigenvalue weighted by atomic mass is 16.6. The summed E-state index contributed by atoms with van der Waals surface area (Å²) in [6, 6.07) is 8.31. The molecule has 1 aromatic rings. The van der Waals surface area contributed by atoms with E-state index in [4.69, 9.17) is 14.2 Å². The van der Waals surface area contributed by atoms with E-state index in [2.05, 4.69) is 4.99 Å². The van der Waals surface area contributed by atoms with Gasteiger partial charge in [-0.3, -0.25) is 9.79 Å². The third-order valence-corrected chi connectivity index (χ3v) is 4.52. The molecular formula is C20H25NO7. The molecule has 2 atom stereocenters. The number of esters is 3. The van der Waals surface area contributed by atoms with Gasteiger partial charge in [0.15, 0.2) is 0 Å². The number of hydrogen-bond acceptors (Lipinski definition) is 8. The van der Waals surface area contributed by atoms with Crippen LogP contribution in [0.3, 0.4) is 0 Å². The normalized spacial score (nSPS) is 22.9. The molecule has 8 heteroatoms. The highest BCUT2D eigenvalue weighted by molar-refractivity contribution is 6.08. The van der Waals surface area contributed by atoms with Crippen LogP contribution < -0.4 is 0 Å². The minimum atomic E-state index is -2.11. The number of carbonyl (C=O) groups is 3. The molecule has 28 heavy (non-hydrogen) atoms. The van der Waals surface area contributed by atoms with Gasteiger partial charge in [0.25, 0.3) is 5.54 Å². The standard InChI is InChI=1S/C20H25NO7/c1-4-26-16(22)15-12-21-19(17(23)27-5-2,18(24)28-6-3)13-20(15,25)14-10-8-7-9-11-14/h7-12,15,25H,4-6,13H2,1-3H3/t15-,20+/m1/s1. The lowest BCUT2D eigenvalue weighted by atomic mass is 9.70. The van der Waals surface area contributed by atoms with Crippen molar-refractivity contribution in [3.8, 4) is 0 Å². The minimum absolute atomic E-state index is 0.0145. The van der Waals surface area contributed by atoms with E-state index in [1.807, 2.05) is 0 Å². The first-order valence-corrected chi connectivity index (χ1v) is 9.20. The molecule has 0 spiro atoms. The quantitative estimate of drug-likeness (QED) is 0.425. The SMILES string of the molecule is CCOC(=O)[C@H]1C=NC(C(=O)OCC)(C(=O)OCC)C[C@]1(O)c1ccccc1. The van der Waals surface area contributed by atoms with Crippen molar-refractivity contribution in [2.24, 2.45) is 10.9 Å². The van der Waals surface area contributed by atoms with Crippen molar-refractivity contribution in [3.05, 3.63) is 35.9 Å². The van der Waals surface area contributed by atoms with E-state index >= 15 is 0 Å². The van der Waals surface area contributed by atoms with E-state index in [0.717, 1.165) is 6.21 Å². The van der Waals surface area contributed by atoms with Crippen molar-refractivity contribution in [3.63, 3.8) is 0 Å². The van der Waals surface area contributed by atoms with Gasteiger partial charge in [-0.05, 0) is 26.3 Å². The lowest BCUT2D eigenvalue weighted by Gasteiger charge is -2.41. The largest absolute Gasteiger partial charge is 0.465 e. The van der Waals surface area contributed by atoms with E-state index in [1.165, 1.54) is 0 Å². The zero-order chi connectivity index (χ0) is 20.8. The third kappa shape index (κ3) is 3.91. The number of benzene rings is 1. The Hall–Kier alpha value is -2.74. The summed E-state index contributed by atoms with van der Waals surface area (Å²) < 4.78 is 15.1. The van der Waals surface area contributed by atoms with E-state index in [-0.39, 0.29) is 19.8 Å². The number of aliphatic hydroxyl groups is 1. The van der Waals surface area contributed by atoms with Gasteiger partial charge in [0, 0.05) is 12.6 Å². The Morgan fingerprint density at radius 3 is 2.04 bits per heavy atom. The number of nitrogens with zero attached hydrogens (tertiary/aromatic N) is 1. The Balaban J connectivity index is 2.62. The maximum atomic E-state index is 12.7. The summed E-state index contributed by atoms with van der Waals surface area (Å²) in [5.74, 6) is -3.80. The van der Waals surface area contributed by atoms with Crippen LogP contribution in [0.2, 0.25) is 0 Å². The lowest BCUT2D eigenvalue weighted by Crippen LogP contribution is -2.58. The zero-order valence-electron chi connectivity index (χ0n) is 16.2. The molecule has 2 rings (SSSR count). The Kier molecular flexibility index (Phi) is 6.90. The maximum Gasteiger partial charge on any atom is 0.345 e. The topological polar surface area (TPSA) is 111 Å². The predicted molar refractivity (Wildman–Crippen MR) is 99.6 cm³/mol. The van der Waals surface area contributed by atoms with Crippen LogP contribution in [0.1, 0.15) is 32.8 Å².